The molecule has 7 nitrogen and oxygen atoms in total. The number of hydrogen-bond acceptors (Lipinski definition) is 6. The molecule has 2 aromatic heterocycles. The standard InChI is InChI=1S/C30H32F2N6O/c31-23-13-21-27(26(32)25(23)22-14-33-24-6-2-1-5-20(22)24)35-29(39-17-30-9-3-11-38(30)12-4-10-30)36-28(21)37-15-18-7-8-19(16-37)34-18/h1-2,5-6,13-14,18-19,33-34H,3-4,7-12,15-17H2. The molecule has 39 heavy (non-hydrogen) atoms. The number of halogens is 2. The molecular weight excluding hydrogens is 498 g/mol. The summed E-state index contributed by atoms with van der Waals surface area (Å²) in [7, 11) is 0. The summed E-state index contributed by atoms with van der Waals surface area (Å²) in [6.07, 6.45) is 8.38. The molecule has 9 heteroatoms. The first-order valence-corrected chi connectivity index (χ1v) is 14.2. The van der Waals surface area contributed by atoms with Gasteiger partial charge in [-0.05, 0) is 63.7 Å². The van der Waals surface area contributed by atoms with Gasteiger partial charge in [0.25, 0.3) is 0 Å². The van der Waals surface area contributed by atoms with Gasteiger partial charge >= 0.3 is 6.01 Å². The predicted molar refractivity (Wildman–Crippen MR) is 147 cm³/mol. The van der Waals surface area contributed by atoms with Crippen LogP contribution in [-0.2, 0) is 0 Å². The fourth-order valence-corrected chi connectivity index (χ4v) is 7.62. The number of hydrogen-bond donors (Lipinski definition) is 2. The zero-order chi connectivity index (χ0) is 26.1. The van der Waals surface area contributed by atoms with Gasteiger partial charge in [-0.3, -0.25) is 4.90 Å². The van der Waals surface area contributed by atoms with E-state index in [1.54, 1.807) is 6.20 Å². The number of para-hydroxylation sites is 1. The predicted octanol–water partition coefficient (Wildman–Crippen LogP) is 5.00. The van der Waals surface area contributed by atoms with Crippen molar-refractivity contribution in [3.8, 4) is 17.1 Å². The summed E-state index contributed by atoms with van der Waals surface area (Å²) in [5.41, 5.74) is 1.36. The van der Waals surface area contributed by atoms with E-state index in [4.69, 9.17) is 9.72 Å². The fourth-order valence-electron chi connectivity index (χ4n) is 7.62. The Balaban J connectivity index is 1.26. The second-order valence-electron chi connectivity index (χ2n) is 11.8. The zero-order valence-electron chi connectivity index (χ0n) is 21.9. The molecule has 2 N–H and O–H groups in total. The lowest BCUT2D eigenvalue weighted by Gasteiger charge is -2.34. The number of aromatic amines is 1. The number of nitrogens with zero attached hydrogens (tertiary/aromatic N) is 4. The number of anilines is 1. The molecule has 6 heterocycles. The van der Waals surface area contributed by atoms with Crippen molar-refractivity contribution in [3.63, 3.8) is 0 Å². The lowest BCUT2D eigenvalue weighted by atomic mass is 9.95. The maximum Gasteiger partial charge on any atom is 0.319 e. The number of benzene rings is 2. The molecule has 0 radical (unpaired) electrons. The number of nitrogens with one attached hydrogen (secondary N) is 2. The molecular formula is C30H32F2N6O. The molecule has 0 spiro atoms. The van der Waals surface area contributed by atoms with Crippen LogP contribution >= 0.6 is 0 Å². The summed E-state index contributed by atoms with van der Waals surface area (Å²) >= 11 is 0. The molecule has 202 valence electrons. The van der Waals surface area contributed by atoms with Crippen LogP contribution in [0.4, 0.5) is 14.6 Å². The van der Waals surface area contributed by atoms with Crippen LogP contribution in [0, 0.1) is 11.6 Å². The minimum Gasteiger partial charge on any atom is -0.461 e. The van der Waals surface area contributed by atoms with Crippen LogP contribution in [0.5, 0.6) is 6.01 Å². The van der Waals surface area contributed by atoms with Crippen LogP contribution in [0.15, 0.2) is 36.5 Å². The number of piperazine rings is 1. The Kier molecular flexibility index (Phi) is 5.35. The molecule has 4 fully saturated rings. The van der Waals surface area contributed by atoms with E-state index in [0.29, 0.717) is 35.5 Å². The first-order valence-electron chi connectivity index (χ1n) is 14.2. The summed E-state index contributed by atoms with van der Waals surface area (Å²) in [4.78, 5) is 17.3. The summed E-state index contributed by atoms with van der Waals surface area (Å²) in [5.74, 6) is -0.737. The van der Waals surface area contributed by atoms with Crippen molar-refractivity contribution in [2.45, 2.75) is 56.1 Å². The van der Waals surface area contributed by atoms with E-state index in [-0.39, 0.29) is 22.6 Å². The van der Waals surface area contributed by atoms with Crippen molar-refractivity contribution in [2.75, 3.05) is 37.7 Å². The first kappa shape index (κ1) is 23.6. The van der Waals surface area contributed by atoms with E-state index in [9.17, 15) is 0 Å². The Morgan fingerprint density at radius 2 is 1.77 bits per heavy atom. The third kappa shape index (κ3) is 3.73. The number of ether oxygens (including phenoxy) is 1. The van der Waals surface area contributed by atoms with Crippen molar-refractivity contribution < 1.29 is 13.5 Å². The minimum absolute atomic E-state index is 0.0170. The van der Waals surface area contributed by atoms with Gasteiger partial charge in [0.05, 0.1) is 11.1 Å². The van der Waals surface area contributed by atoms with Crippen LogP contribution in [0.3, 0.4) is 0 Å². The smallest absolute Gasteiger partial charge is 0.319 e. The molecule has 0 saturated carbocycles. The van der Waals surface area contributed by atoms with E-state index in [1.807, 2.05) is 24.3 Å². The third-order valence-electron chi connectivity index (χ3n) is 9.50. The highest BCUT2D eigenvalue weighted by atomic mass is 19.1. The Labute approximate surface area is 225 Å². The van der Waals surface area contributed by atoms with Crippen molar-refractivity contribution in [2.24, 2.45) is 0 Å². The van der Waals surface area contributed by atoms with Gasteiger partial charge in [-0.2, -0.15) is 9.97 Å². The highest BCUT2D eigenvalue weighted by Crippen LogP contribution is 2.41. The van der Waals surface area contributed by atoms with E-state index in [2.05, 4.69) is 25.1 Å². The number of fused-ring (bicyclic) bond motifs is 5. The molecule has 2 aromatic carbocycles. The van der Waals surface area contributed by atoms with Crippen molar-refractivity contribution in [1.82, 2.24) is 25.2 Å². The SMILES string of the molecule is Fc1cc2c(N3CC4CCC(C3)N4)nc(OCC34CCCN3CCC4)nc2c(F)c1-c1c[nH]c2ccccc12. The lowest BCUT2D eigenvalue weighted by Crippen LogP contribution is -2.51. The number of aromatic nitrogens is 3. The minimum atomic E-state index is -0.678. The molecule has 0 aliphatic carbocycles. The molecule has 2 unspecified atom stereocenters. The highest BCUT2D eigenvalue weighted by molar-refractivity contribution is 6.00. The fraction of sp³-hybridized carbons (Fsp3) is 0.467. The van der Waals surface area contributed by atoms with Gasteiger partial charge in [0.1, 0.15) is 23.8 Å². The van der Waals surface area contributed by atoms with Gasteiger partial charge in [-0.25, -0.2) is 8.78 Å². The first-order chi connectivity index (χ1) is 19.1. The Morgan fingerprint density at radius 3 is 2.56 bits per heavy atom. The second kappa shape index (κ2) is 8.86. The Morgan fingerprint density at radius 1 is 1.00 bits per heavy atom. The lowest BCUT2D eigenvalue weighted by molar-refractivity contribution is 0.108. The monoisotopic (exact) mass is 530 g/mol. The van der Waals surface area contributed by atoms with Crippen molar-refractivity contribution >= 4 is 27.6 Å². The van der Waals surface area contributed by atoms with Gasteiger partial charge in [0.2, 0.25) is 0 Å². The molecule has 2 bridgehead atoms. The summed E-state index contributed by atoms with van der Waals surface area (Å²) in [6.45, 7) is 4.17. The quantitative estimate of drug-likeness (QED) is 0.378. The molecule has 4 aliphatic rings. The average Bonchev–Trinajstić information content (AvgIpc) is 3.71. The van der Waals surface area contributed by atoms with E-state index in [0.717, 1.165) is 62.8 Å². The van der Waals surface area contributed by atoms with Crippen LogP contribution in [0.1, 0.15) is 38.5 Å². The van der Waals surface area contributed by atoms with Crippen LogP contribution in [-0.4, -0.2) is 70.3 Å². The summed E-state index contributed by atoms with van der Waals surface area (Å²) in [6, 6.07) is 9.82. The topological polar surface area (TPSA) is 69.3 Å². The van der Waals surface area contributed by atoms with Crippen molar-refractivity contribution in [3.05, 3.63) is 48.2 Å². The summed E-state index contributed by atoms with van der Waals surface area (Å²) < 4.78 is 38.6. The average molecular weight is 531 g/mol. The molecule has 8 rings (SSSR count). The largest absolute Gasteiger partial charge is 0.461 e. The normalized spacial score (nSPS) is 24.2. The zero-order valence-corrected chi connectivity index (χ0v) is 21.9. The highest BCUT2D eigenvalue weighted by Gasteiger charge is 2.45. The van der Waals surface area contributed by atoms with Crippen LogP contribution < -0.4 is 15.0 Å². The molecule has 0 amide bonds. The maximum atomic E-state index is 16.4. The van der Waals surface area contributed by atoms with Crippen molar-refractivity contribution in [1.29, 1.82) is 0 Å². The molecule has 2 atom stereocenters. The van der Waals surface area contributed by atoms with Gasteiger partial charge in [0, 0.05) is 53.2 Å². The van der Waals surface area contributed by atoms with Crippen LogP contribution in [0.25, 0.3) is 32.9 Å². The van der Waals surface area contributed by atoms with Gasteiger partial charge in [-0.1, -0.05) is 18.2 Å². The molecule has 4 saturated heterocycles. The van der Waals surface area contributed by atoms with E-state index >= 15 is 8.78 Å². The second-order valence-corrected chi connectivity index (χ2v) is 11.8. The number of rotatable bonds is 5. The van der Waals surface area contributed by atoms with Gasteiger partial charge in [-0.15, -0.1) is 0 Å². The number of H-pyrrole nitrogens is 1. The summed E-state index contributed by atoms with van der Waals surface area (Å²) in [5, 5.41) is 4.79. The molecule has 4 aromatic rings. The Bertz CT molecular complexity index is 1570. The molecule has 4 aliphatic heterocycles. The van der Waals surface area contributed by atoms with Gasteiger partial charge in [0.15, 0.2) is 5.82 Å². The third-order valence-corrected chi connectivity index (χ3v) is 9.50. The maximum absolute atomic E-state index is 16.4. The van der Waals surface area contributed by atoms with Crippen LogP contribution in [0.2, 0.25) is 0 Å². The Hall–Kier alpha value is -3.30. The van der Waals surface area contributed by atoms with Gasteiger partial charge < -0.3 is 19.9 Å². The van der Waals surface area contributed by atoms with E-state index in [1.165, 1.54) is 18.9 Å². The van der Waals surface area contributed by atoms with E-state index < -0.39 is 11.6 Å².